The van der Waals surface area contributed by atoms with Gasteiger partial charge in [-0.3, -0.25) is 0 Å². The second kappa shape index (κ2) is 2.99. The Morgan fingerprint density at radius 1 is 1.43 bits per heavy atom. The molecule has 2 nitrogen and oxygen atoms in total. The minimum atomic E-state index is 0.793. The fraction of sp³-hybridized carbons (Fsp3) is 0.500. The van der Waals surface area contributed by atoms with Gasteiger partial charge >= 0.3 is 0 Å². The third-order valence-electron chi connectivity index (χ3n) is 3.52. The molecule has 14 heavy (non-hydrogen) atoms. The Hall–Kier alpha value is -1.02. The van der Waals surface area contributed by atoms with Crippen molar-refractivity contribution < 1.29 is 5.32 Å². The van der Waals surface area contributed by atoms with Crippen LogP contribution in [0.1, 0.15) is 12.0 Å². The maximum Gasteiger partial charge on any atom is 0.106 e. The first-order chi connectivity index (χ1) is 6.83. The molecular weight excluding hydrogens is 172 g/mol. The lowest BCUT2D eigenvalue weighted by atomic mass is 10.2. The van der Waals surface area contributed by atoms with Crippen molar-refractivity contribution in [3.05, 3.63) is 29.8 Å². The Morgan fingerprint density at radius 3 is 3.00 bits per heavy atom. The fourth-order valence-electron chi connectivity index (χ4n) is 2.82. The summed E-state index contributed by atoms with van der Waals surface area (Å²) in [7, 11) is 0. The quantitative estimate of drug-likeness (QED) is 0.682. The number of quaternary nitrogens is 1. The number of rotatable bonds is 1. The van der Waals surface area contributed by atoms with Crippen molar-refractivity contribution in [3.8, 4) is 0 Å². The number of hydrogen-bond donors (Lipinski definition) is 1. The SMILES string of the molecule is Cc1cccc(N2C[C@H]3C[C@@H]2C[NH2+]3)c1. The molecule has 0 aromatic heterocycles. The van der Waals surface area contributed by atoms with Crippen molar-refractivity contribution >= 4 is 5.69 Å². The van der Waals surface area contributed by atoms with E-state index in [1.807, 2.05) is 0 Å². The average molecular weight is 189 g/mol. The molecule has 2 aliphatic heterocycles. The Labute approximate surface area is 84.9 Å². The zero-order valence-corrected chi connectivity index (χ0v) is 8.61. The van der Waals surface area contributed by atoms with Gasteiger partial charge in [-0.15, -0.1) is 0 Å². The van der Waals surface area contributed by atoms with Crippen molar-refractivity contribution in [1.29, 1.82) is 0 Å². The molecule has 2 aliphatic rings. The van der Waals surface area contributed by atoms with Gasteiger partial charge in [0.15, 0.2) is 0 Å². The fourth-order valence-corrected chi connectivity index (χ4v) is 2.82. The number of benzene rings is 1. The molecule has 0 spiro atoms. The maximum atomic E-state index is 2.58. The van der Waals surface area contributed by atoms with Gasteiger partial charge in [-0.2, -0.15) is 0 Å². The molecule has 2 atom stereocenters. The number of piperazine rings is 1. The predicted molar refractivity (Wildman–Crippen MR) is 57.5 cm³/mol. The summed E-state index contributed by atoms with van der Waals surface area (Å²) in [5, 5.41) is 2.50. The van der Waals surface area contributed by atoms with E-state index in [9.17, 15) is 0 Å². The highest BCUT2D eigenvalue weighted by molar-refractivity contribution is 5.51. The first kappa shape index (κ1) is 8.30. The van der Waals surface area contributed by atoms with Crippen LogP contribution in [0.4, 0.5) is 5.69 Å². The van der Waals surface area contributed by atoms with Gasteiger partial charge in [-0.1, -0.05) is 12.1 Å². The normalized spacial score (nSPS) is 29.9. The highest BCUT2D eigenvalue weighted by Crippen LogP contribution is 2.26. The topological polar surface area (TPSA) is 19.9 Å². The average Bonchev–Trinajstić information content (AvgIpc) is 2.78. The van der Waals surface area contributed by atoms with E-state index in [0.717, 1.165) is 12.1 Å². The summed E-state index contributed by atoms with van der Waals surface area (Å²) in [6.45, 7) is 4.71. The largest absolute Gasteiger partial charge is 0.357 e. The lowest BCUT2D eigenvalue weighted by Gasteiger charge is -2.27. The van der Waals surface area contributed by atoms with Crippen LogP contribution in [0.3, 0.4) is 0 Å². The van der Waals surface area contributed by atoms with Crippen LogP contribution in [0.2, 0.25) is 0 Å². The van der Waals surface area contributed by atoms with E-state index < -0.39 is 0 Å². The van der Waals surface area contributed by atoms with Crippen LogP contribution in [0, 0.1) is 6.92 Å². The molecule has 1 aromatic carbocycles. The van der Waals surface area contributed by atoms with Gasteiger partial charge in [0, 0.05) is 12.1 Å². The zero-order chi connectivity index (χ0) is 9.54. The second-order valence-electron chi connectivity index (χ2n) is 4.61. The monoisotopic (exact) mass is 189 g/mol. The van der Waals surface area contributed by atoms with E-state index in [1.165, 1.54) is 30.8 Å². The number of nitrogens with two attached hydrogens (primary N) is 1. The summed E-state index contributed by atoms with van der Waals surface area (Å²) in [4.78, 5) is 2.58. The minimum absolute atomic E-state index is 0.793. The number of hydrogen-bond acceptors (Lipinski definition) is 1. The number of anilines is 1. The van der Waals surface area contributed by atoms with Crippen LogP contribution in [0.25, 0.3) is 0 Å². The van der Waals surface area contributed by atoms with Crippen molar-refractivity contribution in [2.45, 2.75) is 25.4 Å². The molecule has 3 rings (SSSR count). The summed E-state index contributed by atoms with van der Waals surface area (Å²) >= 11 is 0. The predicted octanol–water partition coefficient (Wildman–Crippen LogP) is 0.519. The van der Waals surface area contributed by atoms with Gasteiger partial charge < -0.3 is 10.2 Å². The lowest BCUT2D eigenvalue weighted by molar-refractivity contribution is -0.672. The van der Waals surface area contributed by atoms with Crippen LogP contribution in [-0.4, -0.2) is 25.2 Å². The summed E-state index contributed by atoms with van der Waals surface area (Å²) in [6.07, 6.45) is 1.38. The van der Waals surface area contributed by atoms with Gasteiger partial charge in [0.25, 0.3) is 0 Å². The third-order valence-corrected chi connectivity index (χ3v) is 3.52. The van der Waals surface area contributed by atoms with E-state index in [-0.39, 0.29) is 0 Å². The molecule has 2 bridgehead atoms. The zero-order valence-electron chi connectivity index (χ0n) is 8.61. The van der Waals surface area contributed by atoms with Crippen LogP contribution in [0.5, 0.6) is 0 Å². The summed E-state index contributed by atoms with van der Waals surface area (Å²) in [5.41, 5.74) is 2.79. The van der Waals surface area contributed by atoms with Crippen LogP contribution < -0.4 is 10.2 Å². The Balaban J connectivity index is 1.89. The van der Waals surface area contributed by atoms with E-state index >= 15 is 0 Å². The van der Waals surface area contributed by atoms with Crippen LogP contribution in [0.15, 0.2) is 24.3 Å². The smallest absolute Gasteiger partial charge is 0.106 e. The van der Waals surface area contributed by atoms with Crippen LogP contribution in [-0.2, 0) is 0 Å². The summed E-state index contributed by atoms with van der Waals surface area (Å²) in [5.74, 6) is 0. The molecule has 0 unspecified atom stereocenters. The van der Waals surface area contributed by atoms with Gasteiger partial charge in [0.1, 0.15) is 6.04 Å². The first-order valence-corrected chi connectivity index (χ1v) is 5.49. The summed E-state index contributed by atoms with van der Waals surface area (Å²) in [6, 6.07) is 10.5. The molecule has 0 amide bonds. The molecule has 2 N–H and O–H groups in total. The molecule has 2 fully saturated rings. The van der Waals surface area contributed by atoms with Gasteiger partial charge in [-0.05, 0) is 24.6 Å². The Bertz CT molecular complexity index is 348. The number of aryl methyl sites for hydroxylation is 1. The van der Waals surface area contributed by atoms with E-state index in [0.29, 0.717) is 0 Å². The van der Waals surface area contributed by atoms with E-state index in [4.69, 9.17) is 0 Å². The highest BCUT2D eigenvalue weighted by Gasteiger charge is 2.41. The van der Waals surface area contributed by atoms with Gasteiger partial charge in [-0.25, -0.2) is 0 Å². The number of fused-ring (bicyclic) bond motifs is 2. The van der Waals surface area contributed by atoms with E-state index in [1.54, 1.807) is 0 Å². The molecule has 0 radical (unpaired) electrons. The van der Waals surface area contributed by atoms with Crippen molar-refractivity contribution in [2.75, 3.05) is 18.0 Å². The van der Waals surface area contributed by atoms with Crippen molar-refractivity contribution in [1.82, 2.24) is 0 Å². The maximum absolute atomic E-state index is 2.58. The summed E-state index contributed by atoms with van der Waals surface area (Å²) < 4.78 is 0. The lowest BCUT2D eigenvalue weighted by Crippen LogP contribution is -2.91. The number of nitrogens with zero attached hydrogens (tertiary/aromatic N) is 1. The molecule has 74 valence electrons. The molecule has 1 aromatic rings. The molecule has 2 heterocycles. The van der Waals surface area contributed by atoms with Crippen molar-refractivity contribution in [2.24, 2.45) is 0 Å². The third kappa shape index (κ3) is 1.22. The highest BCUT2D eigenvalue weighted by atomic mass is 15.3. The molecule has 2 saturated heterocycles. The van der Waals surface area contributed by atoms with Crippen molar-refractivity contribution in [3.63, 3.8) is 0 Å². The molecule has 2 heteroatoms. The van der Waals surface area contributed by atoms with Crippen LogP contribution >= 0.6 is 0 Å². The Kier molecular flexibility index (Phi) is 1.77. The molecule has 0 aliphatic carbocycles. The van der Waals surface area contributed by atoms with E-state index in [2.05, 4.69) is 41.4 Å². The molecule has 0 saturated carbocycles. The van der Waals surface area contributed by atoms with Gasteiger partial charge in [0.05, 0.1) is 19.1 Å². The van der Waals surface area contributed by atoms with Gasteiger partial charge in [0.2, 0.25) is 0 Å². The Morgan fingerprint density at radius 2 is 2.36 bits per heavy atom. The minimum Gasteiger partial charge on any atom is -0.357 e. The first-order valence-electron chi connectivity index (χ1n) is 5.49. The molecular formula is C12H17N2+. The standard InChI is InChI=1S/C12H16N2/c1-9-3-2-4-11(5-9)14-8-10-6-12(14)7-13-10/h2-5,10,12-13H,6-8H2,1H3/p+1/t10-,12-/m1/s1. The second-order valence-corrected chi connectivity index (χ2v) is 4.61.